The van der Waals surface area contributed by atoms with Crippen molar-refractivity contribution in [2.45, 2.75) is 53.1 Å². The normalized spacial score (nSPS) is 17.2. The number of ether oxygens (including phenoxy) is 1. The maximum absolute atomic E-state index is 13.7. The first-order valence-corrected chi connectivity index (χ1v) is 11.1. The number of hydrogen-bond acceptors (Lipinski definition) is 4. The highest BCUT2D eigenvalue weighted by molar-refractivity contribution is 6.45. The van der Waals surface area contributed by atoms with Gasteiger partial charge in [0.2, 0.25) is 0 Å². The van der Waals surface area contributed by atoms with Crippen molar-refractivity contribution < 1.29 is 14.3 Å². The van der Waals surface area contributed by atoms with Gasteiger partial charge in [-0.3, -0.25) is 9.59 Å². The first kappa shape index (κ1) is 21.2. The Kier molecular flexibility index (Phi) is 5.86. The molecule has 5 heteroatoms. The van der Waals surface area contributed by atoms with Crippen LogP contribution in [-0.4, -0.2) is 35.9 Å². The van der Waals surface area contributed by atoms with E-state index in [1.54, 1.807) is 0 Å². The van der Waals surface area contributed by atoms with Gasteiger partial charge >= 0.3 is 0 Å². The molecule has 0 unspecified atom stereocenters. The van der Waals surface area contributed by atoms with Crippen LogP contribution in [0.2, 0.25) is 0 Å². The van der Waals surface area contributed by atoms with Crippen LogP contribution in [0, 0.1) is 13.8 Å². The molecular weight excluding hydrogens is 388 g/mol. The molecule has 2 aromatic carbocycles. The maximum atomic E-state index is 13.7. The van der Waals surface area contributed by atoms with Crippen LogP contribution in [0.5, 0.6) is 5.75 Å². The zero-order valence-corrected chi connectivity index (χ0v) is 18.8. The minimum absolute atomic E-state index is 0.0728. The van der Waals surface area contributed by atoms with E-state index in [9.17, 15) is 9.59 Å². The molecule has 31 heavy (non-hydrogen) atoms. The minimum atomic E-state index is -0.255. The number of anilines is 1. The molecule has 2 heterocycles. The first-order chi connectivity index (χ1) is 14.9. The number of aryl methyl sites for hydroxylation is 2. The molecule has 1 saturated heterocycles. The third-order valence-electron chi connectivity index (χ3n) is 5.84. The molecule has 162 valence electrons. The summed E-state index contributed by atoms with van der Waals surface area (Å²) in [5, 5.41) is 0. The first-order valence-electron chi connectivity index (χ1n) is 11.1. The third-order valence-corrected chi connectivity index (χ3v) is 5.84. The van der Waals surface area contributed by atoms with E-state index in [1.807, 2.05) is 70.2 Å². The molecular formula is C26H30N2O3. The Morgan fingerprint density at radius 1 is 0.871 bits per heavy atom. The number of benzene rings is 2. The van der Waals surface area contributed by atoms with E-state index < -0.39 is 0 Å². The predicted octanol–water partition coefficient (Wildman–Crippen LogP) is 4.86. The van der Waals surface area contributed by atoms with Crippen molar-refractivity contribution in [2.24, 2.45) is 0 Å². The number of rotatable bonds is 5. The Bertz CT molecular complexity index is 1030. The monoisotopic (exact) mass is 418 g/mol. The highest BCUT2D eigenvalue weighted by Crippen LogP contribution is 2.37. The zero-order valence-electron chi connectivity index (χ0n) is 18.8. The molecule has 0 spiro atoms. The summed E-state index contributed by atoms with van der Waals surface area (Å²) in [6, 6.07) is 13.3. The Balaban J connectivity index is 1.78. The molecule has 0 aromatic heterocycles. The smallest absolute Gasteiger partial charge is 0.282 e. The molecule has 2 aromatic rings. The molecule has 2 amide bonds. The van der Waals surface area contributed by atoms with E-state index >= 15 is 0 Å². The lowest BCUT2D eigenvalue weighted by Crippen LogP contribution is -2.37. The lowest BCUT2D eigenvalue weighted by Gasteiger charge is -2.29. The largest absolute Gasteiger partial charge is 0.491 e. The molecule has 2 aliphatic rings. The summed E-state index contributed by atoms with van der Waals surface area (Å²) in [7, 11) is 0. The second kappa shape index (κ2) is 8.58. The van der Waals surface area contributed by atoms with E-state index in [-0.39, 0.29) is 17.9 Å². The van der Waals surface area contributed by atoms with E-state index in [4.69, 9.17) is 4.74 Å². The van der Waals surface area contributed by atoms with Crippen molar-refractivity contribution in [3.8, 4) is 5.75 Å². The number of imide groups is 1. The SMILES string of the molecule is Cc1ccc(N2C(=O)C(c3ccc(OC(C)C)cc3)=C(N3CCCCC3)C2=O)c(C)c1. The number of nitrogens with zero attached hydrogens (tertiary/aromatic N) is 2. The van der Waals surface area contributed by atoms with Gasteiger partial charge < -0.3 is 9.64 Å². The molecule has 0 aliphatic carbocycles. The van der Waals surface area contributed by atoms with Crippen LogP contribution >= 0.6 is 0 Å². The van der Waals surface area contributed by atoms with Crippen molar-refractivity contribution in [3.63, 3.8) is 0 Å². The fourth-order valence-corrected chi connectivity index (χ4v) is 4.44. The lowest BCUT2D eigenvalue weighted by molar-refractivity contribution is -0.120. The molecule has 0 radical (unpaired) electrons. The maximum Gasteiger partial charge on any atom is 0.282 e. The van der Waals surface area contributed by atoms with Crippen LogP contribution < -0.4 is 9.64 Å². The number of hydrogen-bond donors (Lipinski definition) is 0. The quantitative estimate of drug-likeness (QED) is 0.651. The van der Waals surface area contributed by atoms with Crippen LogP contribution in [-0.2, 0) is 9.59 Å². The van der Waals surface area contributed by atoms with E-state index in [1.165, 1.54) is 4.90 Å². The molecule has 5 nitrogen and oxygen atoms in total. The molecule has 2 aliphatic heterocycles. The topological polar surface area (TPSA) is 49.9 Å². The van der Waals surface area contributed by atoms with Gasteiger partial charge in [-0.05, 0) is 76.3 Å². The summed E-state index contributed by atoms with van der Waals surface area (Å²) in [6.07, 6.45) is 3.29. The molecule has 0 atom stereocenters. The molecule has 4 rings (SSSR count). The van der Waals surface area contributed by atoms with E-state index in [0.29, 0.717) is 17.0 Å². The second-order valence-corrected chi connectivity index (χ2v) is 8.70. The van der Waals surface area contributed by atoms with E-state index in [2.05, 4.69) is 4.90 Å². The predicted molar refractivity (Wildman–Crippen MR) is 123 cm³/mol. The van der Waals surface area contributed by atoms with Gasteiger partial charge in [0, 0.05) is 13.1 Å². The molecule has 0 bridgehead atoms. The number of carbonyl (C=O) groups excluding carboxylic acids is 2. The van der Waals surface area contributed by atoms with Crippen molar-refractivity contribution in [2.75, 3.05) is 18.0 Å². The zero-order chi connectivity index (χ0) is 22.1. The summed E-state index contributed by atoms with van der Waals surface area (Å²) < 4.78 is 5.75. The van der Waals surface area contributed by atoms with Gasteiger partial charge in [0.25, 0.3) is 11.8 Å². The van der Waals surface area contributed by atoms with Gasteiger partial charge in [0.05, 0.1) is 17.4 Å². The third kappa shape index (κ3) is 4.09. The fraction of sp³-hybridized carbons (Fsp3) is 0.385. The summed E-state index contributed by atoms with van der Waals surface area (Å²) in [5.74, 6) is 0.272. The van der Waals surface area contributed by atoms with Crippen molar-refractivity contribution in [1.82, 2.24) is 4.90 Å². The van der Waals surface area contributed by atoms with Crippen molar-refractivity contribution in [3.05, 3.63) is 64.9 Å². The van der Waals surface area contributed by atoms with Gasteiger partial charge in [0.15, 0.2) is 0 Å². The second-order valence-electron chi connectivity index (χ2n) is 8.70. The van der Waals surface area contributed by atoms with Crippen LogP contribution in [0.3, 0.4) is 0 Å². The summed E-state index contributed by atoms with van der Waals surface area (Å²) in [6.45, 7) is 9.51. The molecule has 0 saturated carbocycles. The standard InChI is InChI=1S/C26H30N2O3/c1-17(2)31-21-11-9-20(10-12-21)23-24(27-14-6-5-7-15-27)26(30)28(25(23)29)22-13-8-18(3)16-19(22)4/h8-13,16-17H,5-7,14-15H2,1-4H3. The fourth-order valence-electron chi connectivity index (χ4n) is 4.44. The number of amides is 2. The van der Waals surface area contributed by atoms with Crippen LogP contribution in [0.4, 0.5) is 5.69 Å². The molecule has 0 N–H and O–H groups in total. The van der Waals surface area contributed by atoms with Gasteiger partial charge in [-0.25, -0.2) is 4.90 Å². The number of likely N-dealkylation sites (tertiary alicyclic amines) is 1. The highest BCUT2D eigenvalue weighted by atomic mass is 16.5. The Morgan fingerprint density at radius 2 is 1.55 bits per heavy atom. The molecule has 1 fully saturated rings. The lowest BCUT2D eigenvalue weighted by atomic mass is 10.0. The van der Waals surface area contributed by atoms with Gasteiger partial charge in [-0.15, -0.1) is 0 Å². The van der Waals surface area contributed by atoms with Gasteiger partial charge in [-0.2, -0.15) is 0 Å². The van der Waals surface area contributed by atoms with E-state index in [0.717, 1.165) is 54.8 Å². The van der Waals surface area contributed by atoms with Crippen molar-refractivity contribution in [1.29, 1.82) is 0 Å². The van der Waals surface area contributed by atoms with Crippen LogP contribution in [0.25, 0.3) is 5.57 Å². The van der Waals surface area contributed by atoms with Gasteiger partial charge in [-0.1, -0.05) is 29.8 Å². The average Bonchev–Trinajstić information content (AvgIpc) is 2.99. The van der Waals surface area contributed by atoms with Crippen molar-refractivity contribution >= 4 is 23.1 Å². The summed E-state index contributed by atoms with van der Waals surface area (Å²) in [4.78, 5) is 30.7. The summed E-state index contributed by atoms with van der Waals surface area (Å²) >= 11 is 0. The Labute approximate surface area is 184 Å². The van der Waals surface area contributed by atoms with Gasteiger partial charge in [0.1, 0.15) is 11.4 Å². The Morgan fingerprint density at radius 3 is 2.16 bits per heavy atom. The average molecular weight is 419 g/mol. The van der Waals surface area contributed by atoms with Crippen LogP contribution in [0.15, 0.2) is 48.2 Å². The van der Waals surface area contributed by atoms with Crippen LogP contribution in [0.1, 0.15) is 49.8 Å². The number of piperidine rings is 1. The highest BCUT2D eigenvalue weighted by Gasteiger charge is 2.43. The minimum Gasteiger partial charge on any atom is -0.491 e. The summed E-state index contributed by atoms with van der Waals surface area (Å²) in [5.41, 5.74) is 4.45. The number of carbonyl (C=O) groups is 2. The Hall–Kier alpha value is -3.08.